The van der Waals surface area contributed by atoms with Gasteiger partial charge < -0.3 is 15.5 Å². The van der Waals surface area contributed by atoms with Crippen LogP contribution in [-0.2, 0) is 13.1 Å². The molecule has 3 heteroatoms. The Balaban J connectivity index is 0.00000120. The van der Waals surface area contributed by atoms with E-state index in [0.29, 0.717) is 6.04 Å². The molecular weight excluding hydrogens is 210 g/mol. The number of rotatable bonds is 2. The summed E-state index contributed by atoms with van der Waals surface area (Å²) in [6, 6.07) is 7.45. The number of anilines is 1. The van der Waals surface area contributed by atoms with Gasteiger partial charge >= 0.3 is 0 Å². The molecule has 0 bridgehead atoms. The van der Waals surface area contributed by atoms with Crippen molar-refractivity contribution in [2.75, 3.05) is 25.5 Å². The van der Waals surface area contributed by atoms with Gasteiger partial charge in [-0.25, -0.2) is 0 Å². The molecule has 0 spiro atoms. The van der Waals surface area contributed by atoms with Crippen LogP contribution in [0.3, 0.4) is 0 Å². The smallest absolute Gasteiger partial charge is 0.0345 e. The Kier molecular flexibility index (Phi) is 3.04. The zero-order valence-electron chi connectivity index (χ0n) is 10.5. The molecule has 0 unspecified atom stereocenters. The SMILES string of the molecule is CN1CCC(Nc2ccc3c(c2)CNC3)CC1.[HH]. The number of hydrogen-bond acceptors (Lipinski definition) is 3. The first-order valence-electron chi connectivity index (χ1n) is 6.59. The fourth-order valence-electron chi connectivity index (χ4n) is 2.77. The van der Waals surface area contributed by atoms with Gasteiger partial charge in [-0.1, -0.05) is 6.07 Å². The molecule has 0 aromatic heterocycles. The van der Waals surface area contributed by atoms with E-state index in [2.05, 4.69) is 40.8 Å². The Bertz CT molecular complexity index is 400. The summed E-state index contributed by atoms with van der Waals surface area (Å²) in [6.07, 6.45) is 2.51. The molecule has 2 N–H and O–H groups in total. The molecule has 1 saturated heterocycles. The lowest BCUT2D eigenvalue weighted by Crippen LogP contribution is -2.36. The minimum Gasteiger partial charge on any atom is -0.382 e. The monoisotopic (exact) mass is 233 g/mol. The van der Waals surface area contributed by atoms with Crippen molar-refractivity contribution >= 4 is 5.69 Å². The molecule has 2 aliphatic heterocycles. The summed E-state index contributed by atoms with van der Waals surface area (Å²) in [4.78, 5) is 2.41. The first kappa shape index (κ1) is 11.1. The van der Waals surface area contributed by atoms with Crippen LogP contribution in [0.1, 0.15) is 25.4 Å². The highest BCUT2D eigenvalue weighted by molar-refractivity contribution is 5.50. The van der Waals surface area contributed by atoms with Crippen LogP contribution >= 0.6 is 0 Å². The molecular formula is C14H23N3. The lowest BCUT2D eigenvalue weighted by atomic mass is 10.0. The summed E-state index contributed by atoms with van der Waals surface area (Å²) in [6.45, 7) is 4.48. The van der Waals surface area contributed by atoms with Crippen molar-refractivity contribution in [1.82, 2.24) is 10.2 Å². The Labute approximate surface area is 105 Å². The van der Waals surface area contributed by atoms with Crippen molar-refractivity contribution in [2.45, 2.75) is 32.0 Å². The third kappa shape index (κ3) is 2.45. The number of nitrogens with zero attached hydrogens (tertiary/aromatic N) is 1. The van der Waals surface area contributed by atoms with Crippen molar-refractivity contribution in [3.05, 3.63) is 29.3 Å². The highest BCUT2D eigenvalue weighted by Gasteiger charge is 2.17. The molecule has 1 aromatic rings. The van der Waals surface area contributed by atoms with Gasteiger partial charge in [-0.3, -0.25) is 0 Å². The Morgan fingerprint density at radius 3 is 2.82 bits per heavy atom. The van der Waals surface area contributed by atoms with Crippen LogP contribution in [0.2, 0.25) is 0 Å². The molecule has 3 rings (SSSR count). The maximum absolute atomic E-state index is 3.68. The topological polar surface area (TPSA) is 27.3 Å². The Morgan fingerprint density at radius 1 is 1.24 bits per heavy atom. The average Bonchev–Trinajstić information content (AvgIpc) is 2.79. The van der Waals surface area contributed by atoms with Gasteiger partial charge in [-0.05, 0) is 56.2 Å². The van der Waals surface area contributed by atoms with Crippen molar-refractivity contribution in [2.24, 2.45) is 0 Å². The van der Waals surface area contributed by atoms with E-state index in [0.717, 1.165) is 13.1 Å². The highest BCUT2D eigenvalue weighted by Crippen LogP contribution is 2.22. The standard InChI is InChI=1S/C14H21N3.H2/c1-17-6-4-13(5-7-17)16-14-3-2-11-9-15-10-12(11)8-14;/h2-3,8,13,15-16H,4-7,9-10H2,1H3;1H. The molecule has 0 saturated carbocycles. The maximum Gasteiger partial charge on any atom is 0.0345 e. The summed E-state index contributed by atoms with van der Waals surface area (Å²) in [5, 5.41) is 7.07. The third-order valence-electron chi connectivity index (χ3n) is 3.93. The van der Waals surface area contributed by atoms with Crippen LogP contribution in [-0.4, -0.2) is 31.1 Å². The van der Waals surface area contributed by atoms with E-state index in [1.165, 1.54) is 42.7 Å². The lowest BCUT2D eigenvalue weighted by molar-refractivity contribution is 0.264. The molecule has 0 atom stereocenters. The normalized spacial score (nSPS) is 21.5. The minimum absolute atomic E-state index is 0. The van der Waals surface area contributed by atoms with Gasteiger partial charge in [-0.2, -0.15) is 0 Å². The lowest BCUT2D eigenvalue weighted by Gasteiger charge is -2.30. The zero-order chi connectivity index (χ0) is 11.7. The van der Waals surface area contributed by atoms with Crippen LogP contribution in [0.4, 0.5) is 5.69 Å². The fraction of sp³-hybridized carbons (Fsp3) is 0.571. The van der Waals surface area contributed by atoms with Crippen LogP contribution < -0.4 is 10.6 Å². The van der Waals surface area contributed by atoms with Gasteiger partial charge in [0.05, 0.1) is 0 Å². The van der Waals surface area contributed by atoms with E-state index >= 15 is 0 Å². The number of fused-ring (bicyclic) bond motifs is 1. The summed E-state index contributed by atoms with van der Waals surface area (Å²) < 4.78 is 0. The molecule has 0 aliphatic carbocycles. The minimum atomic E-state index is 0. The second-order valence-electron chi connectivity index (χ2n) is 5.31. The number of benzene rings is 1. The molecule has 3 nitrogen and oxygen atoms in total. The van der Waals surface area contributed by atoms with Crippen molar-refractivity contribution in [1.29, 1.82) is 0 Å². The van der Waals surface area contributed by atoms with Crippen LogP contribution in [0.25, 0.3) is 0 Å². The Hall–Kier alpha value is -1.06. The van der Waals surface area contributed by atoms with Crippen molar-refractivity contribution in [3.63, 3.8) is 0 Å². The van der Waals surface area contributed by atoms with Crippen LogP contribution in [0.5, 0.6) is 0 Å². The maximum atomic E-state index is 3.68. The van der Waals surface area contributed by atoms with Gasteiger partial charge in [0.15, 0.2) is 0 Å². The quantitative estimate of drug-likeness (QED) is 0.818. The molecule has 2 heterocycles. The average molecular weight is 233 g/mol. The number of piperidine rings is 1. The molecule has 2 aliphatic rings. The van der Waals surface area contributed by atoms with Crippen molar-refractivity contribution < 1.29 is 1.43 Å². The summed E-state index contributed by atoms with van der Waals surface area (Å²) >= 11 is 0. The summed E-state index contributed by atoms with van der Waals surface area (Å²) in [7, 11) is 2.21. The number of hydrogen-bond donors (Lipinski definition) is 2. The van der Waals surface area contributed by atoms with E-state index < -0.39 is 0 Å². The van der Waals surface area contributed by atoms with E-state index in [9.17, 15) is 0 Å². The van der Waals surface area contributed by atoms with Gasteiger partial charge in [-0.15, -0.1) is 0 Å². The zero-order valence-corrected chi connectivity index (χ0v) is 10.5. The highest BCUT2D eigenvalue weighted by atomic mass is 15.1. The van der Waals surface area contributed by atoms with E-state index in [1.54, 1.807) is 0 Å². The van der Waals surface area contributed by atoms with E-state index in [1.807, 2.05) is 0 Å². The number of nitrogens with one attached hydrogen (secondary N) is 2. The second kappa shape index (κ2) is 4.67. The van der Waals surface area contributed by atoms with Gasteiger partial charge in [0.2, 0.25) is 0 Å². The van der Waals surface area contributed by atoms with Gasteiger partial charge in [0.25, 0.3) is 0 Å². The second-order valence-corrected chi connectivity index (χ2v) is 5.31. The first-order valence-corrected chi connectivity index (χ1v) is 6.59. The van der Waals surface area contributed by atoms with Crippen LogP contribution in [0, 0.1) is 0 Å². The van der Waals surface area contributed by atoms with E-state index in [-0.39, 0.29) is 1.43 Å². The van der Waals surface area contributed by atoms with Gasteiger partial charge in [0, 0.05) is 26.2 Å². The first-order chi connectivity index (χ1) is 8.31. The number of likely N-dealkylation sites (tertiary alicyclic amines) is 1. The molecule has 1 aromatic carbocycles. The third-order valence-corrected chi connectivity index (χ3v) is 3.93. The van der Waals surface area contributed by atoms with Gasteiger partial charge in [0.1, 0.15) is 0 Å². The molecule has 1 fully saturated rings. The predicted molar refractivity (Wildman–Crippen MR) is 73.2 cm³/mol. The van der Waals surface area contributed by atoms with Crippen molar-refractivity contribution in [3.8, 4) is 0 Å². The Morgan fingerprint density at radius 2 is 2.00 bits per heavy atom. The molecule has 0 amide bonds. The predicted octanol–water partition coefficient (Wildman–Crippen LogP) is 2.04. The summed E-state index contributed by atoms with van der Waals surface area (Å²) in [5.41, 5.74) is 4.21. The fourth-order valence-corrected chi connectivity index (χ4v) is 2.77. The molecule has 0 radical (unpaired) electrons. The largest absolute Gasteiger partial charge is 0.382 e. The van der Waals surface area contributed by atoms with E-state index in [4.69, 9.17) is 0 Å². The summed E-state index contributed by atoms with van der Waals surface area (Å²) in [5.74, 6) is 0. The molecule has 94 valence electrons. The van der Waals surface area contributed by atoms with Crippen LogP contribution in [0.15, 0.2) is 18.2 Å². The molecule has 17 heavy (non-hydrogen) atoms.